The molecule has 39 heavy (non-hydrogen) atoms. The summed E-state index contributed by atoms with van der Waals surface area (Å²) in [5.41, 5.74) is 0.655. The SMILES string of the molecule is CSc1ccc(S(=O)(=O)Nc2ccc(S(=O)(=O)Nc3ccc(Cl)cc3Cl)cc2)cc1C(=O)N1CCC(C)CC1. The maximum atomic E-state index is 13.2. The van der Waals surface area contributed by atoms with Crippen LogP contribution in [0.5, 0.6) is 0 Å². The van der Waals surface area contributed by atoms with Gasteiger partial charge in [0.05, 0.1) is 26.1 Å². The second-order valence-corrected chi connectivity index (χ2v) is 14.3. The molecule has 1 fully saturated rings. The first-order valence-electron chi connectivity index (χ1n) is 12.0. The highest BCUT2D eigenvalue weighted by Gasteiger charge is 2.26. The number of likely N-dealkylation sites (tertiary alicyclic amines) is 1. The van der Waals surface area contributed by atoms with Crippen LogP contribution in [0.3, 0.4) is 0 Å². The minimum atomic E-state index is -4.07. The van der Waals surface area contributed by atoms with E-state index in [1.165, 1.54) is 66.4 Å². The highest BCUT2D eigenvalue weighted by atomic mass is 35.5. The average molecular weight is 629 g/mol. The quantitative estimate of drug-likeness (QED) is 0.288. The van der Waals surface area contributed by atoms with E-state index in [0.717, 1.165) is 12.8 Å². The molecule has 3 aromatic carbocycles. The lowest BCUT2D eigenvalue weighted by Crippen LogP contribution is -2.38. The van der Waals surface area contributed by atoms with Crippen molar-refractivity contribution >= 4 is 72.3 Å². The zero-order valence-electron chi connectivity index (χ0n) is 21.1. The molecule has 1 heterocycles. The largest absolute Gasteiger partial charge is 0.339 e. The van der Waals surface area contributed by atoms with Gasteiger partial charge in [0, 0.05) is 28.7 Å². The number of amides is 1. The molecule has 1 saturated heterocycles. The van der Waals surface area contributed by atoms with Gasteiger partial charge in [-0.05, 0) is 85.7 Å². The van der Waals surface area contributed by atoms with Gasteiger partial charge in [-0.25, -0.2) is 16.8 Å². The molecule has 0 bridgehead atoms. The Morgan fingerprint density at radius 2 is 1.49 bits per heavy atom. The number of benzene rings is 3. The molecule has 208 valence electrons. The molecule has 2 N–H and O–H groups in total. The van der Waals surface area contributed by atoms with E-state index in [4.69, 9.17) is 23.2 Å². The zero-order chi connectivity index (χ0) is 28.4. The number of anilines is 2. The van der Waals surface area contributed by atoms with Crippen molar-refractivity contribution in [1.82, 2.24) is 4.90 Å². The lowest BCUT2D eigenvalue weighted by atomic mass is 9.98. The summed E-state index contributed by atoms with van der Waals surface area (Å²) in [5.74, 6) is 0.364. The van der Waals surface area contributed by atoms with Gasteiger partial charge in [-0.3, -0.25) is 14.2 Å². The molecule has 0 saturated carbocycles. The Hall–Kier alpha value is -2.44. The zero-order valence-corrected chi connectivity index (χ0v) is 25.1. The summed E-state index contributed by atoms with van der Waals surface area (Å²) in [7, 11) is -8.06. The first-order valence-corrected chi connectivity index (χ1v) is 16.9. The molecular weight excluding hydrogens is 601 g/mol. The Kier molecular flexibility index (Phi) is 9.07. The van der Waals surface area contributed by atoms with Gasteiger partial charge in [-0.2, -0.15) is 0 Å². The van der Waals surface area contributed by atoms with Crippen molar-refractivity contribution < 1.29 is 21.6 Å². The van der Waals surface area contributed by atoms with Gasteiger partial charge in [0.15, 0.2) is 0 Å². The summed E-state index contributed by atoms with van der Waals surface area (Å²) >= 11 is 13.3. The average Bonchev–Trinajstić information content (AvgIpc) is 2.90. The molecule has 1 aliphatic rings. The van der Waals surface area contributed by atoms with Gasteiger partial charge in [0.2, 0.25) is 0 Å². The van der Waals surface area contributed by atoms with Crippen molar-refractivity contribution in [2.24, 2.45) is 5.92 Å². The molecule has 0 spiro atoms. The molecule has 0 radical (unpaired) electrons. The van der Waals surface area contributed by atoms with Crippen molar-refractivity contribution in [1.29, 1.82) is 0 Å². The van der Waals surface area contributed by atoms with Crippen LogP contribution < -0.4 is 9.44 Å². The van der Waals surface area contributed by atoms with Gasteiger partial charge in [-0.15, -0.1) is 11.8 Å². The first-order chi connectivity index (χ1) is 18.4. The summed E-state index contributed by atoms with van der Waals surface area (Å²) in [4.78, 5) is 15.5. The van der Waals surface area contributed by atoms with Crippen molar-refractivity contribution in [3.8, 4) is 0 Å². The van der Waals surface area contributed by atoms with Crippen LogP contribution in [0.4, 0.5) is 11.4 Å². The van der Waals surface area contributed by atoms with Crippen molar-refractivity contribution in [3.05, 3.63) is 76.3 Å². The number of hydrogen-bond acceptors (Lipinski definition) is 6. The van der Waals surface area contributed by atoms with Gasteiger partial charge in [-0.1, -0.05) is 30.1 Å². The van der Waals surface area contributed by atoms with Crippen LogP contribution in [0, 0.1) is 5.92 Å². The second-order valence-electron chi connectivity index (χ2n) is 9.20. The third-order valence-corrected chi connectivity index (χ3v) is 10.5. The molecule has 0 aromatic heterocycles. The van der Waals surface area contributed by atoms with Crippen molar-refractivity contribution in [2.45, 2.75) is 34.5 Å². The number of hydrogen-bond donors (Lipinski definition) is 2. The molecule has 1 amide bonds. The number of carbonyl (C=O) groups is 1. The lowest BCUT2D eigenvalue weighted by Gasteiger charge is -2.30. The van der Waals surface area contributed by atoms with E-state index in [1.54, 1.807) is 11.0 Å². The summed E-state index contributed by atoms with van der Waals surface area (Å²) in [6.45, 7) is 3.43. The predicted molar refractivity (Wildman–Crippen MR) is 157 cm³/mol. The van der Waals surface area contributed by atoms with E-state index in [1.807, 2.05) is 6.26 Å². The topological polar surface area (TPSA) is 113 Å². The Balaban J connectivity index is 1.53. The van der Waals surface area contributed by atoms with Gasteiger partial charge in [0.25, 0.3) is 26.0 Å². The molecule has 3 aromatic rings. The van der Waals surface area contributed by atoms with E-state index < -0.39 is 20.0 Å². The predicted octanol–water partition coefficient (Wildman–Crippen LogP) is 6.19. The fraction of sp³-hybridized carbons (Fsp3) is 0.269. The normalized spacial score (nSPS) is 14.7. The monoisotopic (exact) mass is 627 g/mol. The van der Waals surface area contributed by atoms with Crippen LogP contribution in [0.1, 0.15) is 30.1 Å². The van der Waals surface area contributed by atoms with E-state index in [-0.39, 0.29) is 32.1 Å². The Bertz CT molecular complexity index is 1590. The summed E-state index contributed by atoms with van der Waals surface area (Å²) < 4.78 is 56.8. The number of nitrogens with one attached hydrogen (secondary N) is 2. The summed E-state index contributed by atoms with van der Waals surface area (Å²) in [6, 6.07) is 14.0. The third kappa shape index (κ3) is 7.01. The van der Waals surface area contributed by atoms with Crippen molar-refractivity contribution in [2.75, 3.05) is 28.8 Å². The Morgan fingerprint density at radius 3 is 2.10 bits per heavy atom. The van der Waals surface area contributed by atoms with Gasteiger partial charge in [0.1, 0.15) is 0 Å². The number of halogens is 2. The van der Waals surface area contributed by atoms with E-state index in [0.29, 0.717) is 34.5 Å². The Morgan fingerprint density at radius 1 is 0.872 bits per heavy atom. The van der Waals surface area contributed by atoms with Crippen LogP contribution in [0.15, 0.2) is 75.4 Å². The highest BCUT2D eigenvalue weighted by Crippen LogP contribution is 2.30. The molecule has 13 heteroatoms. The number of nitrogens with zero attached hydrogens (tertiary/aromatic N) is 1. The minimum Gasteiger partial charge on any atom is -0.339 e. The standard InChI is InChI=1S/C26H27Cl2N3O5S3/c1-17-11-13-31(14-12-17)26(32)22-16-21(8-10-25(22)37-2)39(35,36)29-19-4-6-20(7-5-19)38(33,34)30-24-9-3-18(27)15-23(24)28/h3-10,15-17,29-30H,11-14H2,1-2H3. The van der Waals surface area contributed by atoms with E-state index in [2.05, 4.69) is 16.4 Å². The van der Waals surface area contributed by atoms with E-state index in [9.17, 15) is 21.6 Å². The van der Waals surface area contributed by atoms with Crippen LogP contribution in [-0.2, 0) is 20.0 Å². The number of piperidine rings is 1. The summed E-state index contributed by atoms with van der Waals surface area (Å²) in [6.07, 6.45) is 3.66. The number of rotatable bonds is 8. The van der Waals surface area contributed by atoms with Crippen LogP contribution >= 0.6 is 35.0 Å². The number of sulfonamides is 2. The summed E-state index contributed by atoms with van der Waals surface area (Å²) in [5, 5.41) is 0.496. The smallest absolute Gasteiger partial charge is 0.261 e. The molecule has 1 aliphatic heterocycles. The van der Waals surface area contributed by atoms with Crippen LogP contribution in [-0.4, -0.2) is 47.0 Å². The molecule has 4 rings (SSSR count). The second kappa shape index (κ2) is 12.0. The highest BCUT2D eigenvalue weighted by molar-refractivity contribution is 7.98. The molecule has 8 nitrogen and oxygen atoms in total. The molecule has 0 atom stereocenters. The maximum Gasteiger partial charge on any atom is 0.261 e. The lowest BCUT2D eigenvalue weighted by molar-refractivity contribution is 0.0693. The number of carbonyl (C=O) groups excluding carboxylic acids is 1. The molecular formula is C26H27Cl2N3O5S3. The van der Waals surface area contributed by atoms with Crippen molar-refractivity contribution in [3.63, 3.8) is 0 Å². The van der Waals surface area contributed by atoms with Gasteiger partial charge >= 0.3 is 0 Å². The minimum absolute atomic E-state index is 0.0650. The fourth-order valence-corrected chi connectivity index (χ4v) is 7.34. The maximum absolute atomic E-state index is 13.2. The first kappa shape index (κ1) is 29.5. The molecule has 0 unspecified atom stereocenters. The van der Waals surface area contributed by atoms with E-state index >= 15 is 0 Å². The molecule has 0 aliphatic carbocycles. The van der Waals surface area contributed by atoms with Gasteiger partial charge < -0.3 is 4.90 Å². The fourth-order valence-electron chi connectivity index (χ4n) is 4.10. The van der Waals surface area contributed by atoms with Crippen LogP contribution in [0.2, 0.25) is 10.0 Å². The Labute approximate surface area is 243 Å². The van der Waals surface area contributed by atoms with Crippen LogP contribution in [0.25, 0.3) is 0 Å². The number of thioether (sulfide) groups is 1. The third-order valence-electron chi connectivity index (χ3n) is 6.37.